The lowest BCUT2D eigenvalue weighted by Gasteiger charge is -2.19. The number of carboxylic acid groups (broad SMARTS) is 5. The van der Waals surface area contributed by atoms with Crippen molar-refractivity contribution < 1.29 is 97.3 Å². The zero-order valence-corrected chi connectivity index (χ0v) is 46.7. The van der Waals surface area contributed by atoms with Gasteiger partial charge in [0.05, 0.1) is 30.1 Å². The van der Waals surface area contributed by atoms with E-state index in [1.54, 1.807) is 0 Å². The molecule has 414 valence electrons. The maximum absolute atomic E-state index is 11.2. The first-order valence-corrected chi connectivity index (χ1v) is 27.1. The highest BCUT2D eigenvalue weighted by molar-refractivity contribution is 9.09. The molecule has 0 aromatic carbocycles. The number of nitrogens with zero attached hydrogens (tertiary/aromatic N) is 2. The number of aliphatic carboxylic acids is 5. The first-order valence-electron chi connectivity index (χ1n) is 20.7. The quantitative estimate of drug-likeness (QED) is 0.0188. The van der Waals surface area contributed by atoms with Gasteiger partial charge in [0.15, 0.2) is 0 Å². The lowest BCUT2D eigenvalue weighted by atomic mass is 10.2. The van der Waals surface area contributed by atoms with Gasteiger partial charge in [0, 0.05) is 79.9 Å². The minimum atomic E-state index is -0.954. The predicted octanol–water partition coefficient (Wildman–Crippen LogP) is 2.77. The molecule has 2 aliphatic heterocycles. The lowest BCUT2D eigenvalue weighted by molar-refractivity contribution is -0.155. The molecule has 0 bridgehead atoms. The van der Waals surface area contributed by atoms with E-state index >= 15 is 0 Å². The topological polar surface area (TPSA) is 404 Å². The molecular weight excluding hydrogens is 1120 g/mol. The molecule has 0 radical (unpaired) electrons. The number of nitrogens with two attached hydrogens (primary N) is 2. The molecule has 2 heterocycles. The van der Waals surface area contributed by atoms with Gasteiger partial charge in [-0.1, -0.05) is 15.9 Å². The Morgan fingerprint density at radius 3 is 1.31 bits per heavy atom. The summed E-state index contributed by atoms with van der Waals surface area (Å²) < 4.78 is 14.2. The highest BCUT2D eigenvalue weighted by atomic mass is 79.9. The average Bonchev–Trinajstić information content (AvgIpc) is 3.78. The number of thioether (sulfide) groups is 4. The third-order valence-electron chi connectivity index (χ3n) is 5.94. The maximum atomic E-state index is 11.2. The molecule has 0 fully saturated rings. The van der Waals surface area contributed by atoms with Crippen LogP contribution < -0.4 is 16.8 Å². The molecular formula is C41H68BrN5O20S5. The number of alkyl carbamates (subject to hydrolysis) is 1. The number of amides is 6. The molecule has 2 rings (SSSR count). The van der Waals surface area contributed by atoms with Crippen molar-refractivity contribution in [2.45, 2.75) is 65.6 Å². The first kappa shape index (κ1) is 76.4. The molecule has 0 unspecified atom stereocenters. The zero-order chi connectivity index (χ0) is 56.9. The minimum absolute atomic E-state index is 0.0103. The molecule has 0 atom stereocenters. The molecule has 0 aromatic rings. The van der Waals surface area contributed by atoms with E-state index in [2.05, 4.69) is 38.6 Å². The zero-order valence-electron chi connectivity index (χ0n) is 41.0. The van der Waals surface area contributed by atoms with Gasteiger partial charge in [0.25, 0.3) is 23.6 Å². The van der Waals surface area contributed by atoms with Crippen LogP contribution in [-0.4, -0.2) is 209 Å². The minimum Gasteiger partial charge on any atom is -0.481 e. The van der Waals surface area contributed by atoms with Gasteiger partial charge in [-0.3, -0.25) is 52.8 Å². The summed E-state index contributed by atoms with van der Waals surface area (Å²) in [5.74, 6) is -2.69. The summed E-state index contributed by atoms with van der Waals surface area (Å²) in [5, 5.41) is 43.1. The standard InChI is InChI=1S/C10H18O4S.C8H9NO4S.C7H15NO2S.C6H5NO4.2C4H9NO2S.C2H3BrO2/c1-10(2,3)14-9(13)5-4-6-15-7-8(11)12;10-6-1-2-7(11)9(6)3-4-14-5-8(12)13;1-7(2,3)10-6(9)8-4-5-11;1-11-6(10)7-4(8)2-3-5(7)9;2*5-1-2-8-3-4(6)7;3-1-2(4)5/h4-7H2,1-3H3,(H,11,12);1-2H,3-5H2,(H,12,13);11H,4-5H2,1-3H3,(H,8,9);2-3H,1H3;2*1-3,5H2,(H,6,7);1H2,(H,4,5). The number of rotatable bonds is 22. The molecule has 2 aliphatic rings. The summed E-state index contributed by atoms with van der Waals surface area (Å²) in [4.78, 5) is 127. The number of ether oxygens (including phenoxy) is 3. The highest BCUT2D eigenvalue weighted by Crippen LogP contribution is 2.11. The van der Waals surface area contributed by atoms with Gasteiger partial charge in [0.2, 0.25) is 0 Å². The molecule has 0 saturated carbocycles. The van der Waals surface area contributed by atoms with E-state index in [1.165, 1.54) is 59.2 Å². The van der Waals surface area contributed by atoms with Crippen molar-refractivity contribution in [3.8, 4) is 0 Å². The number of thiol groups is 1. The first-order chi connectivity index (χ1) is 33.3. The molecule has 25 nitrogen and oxygen atoms in total. The normalized spacial score (nSPS) is 11.9. The van der Waals surface area contributed by atoms with Crippen LogP contribution in [0.3, 0.4) is 0 Å². The summed E-state index contributed by atoms with van der Waals surface area (Å²) in [7, 11) is 1.10. The Morgan fingerprint density at radius 2 is 0.986 bits per heavy atom. The molecule has 0 aliphatic carbocycles. The third kappa shape index (κ3) is 58.0. The van der Waals surface area contributed by atoms with Crippen LogP contribution >= 0.6 is 75.6 Å². The average molecular weight is 1190 g/mol. The van der Waals surface area contributed by atoms with Gasteiger partial charge >= 0.3 is 48.0 Å². The van der Waals surface area contributed by atoms with Crippen molar-refractivity contribution in [1.82, 2.24) is 15.1 Å². The Bertz CT molecular complexity index is 1710. The van der Waals surface area contributed by atoms with Crippen molar-refractivity contribution in [2.24, 2.45) is 11.5 Å². The number of hydrogen-bond acceptors (Lipinski definition) is 22. The van der Waals surface area contributed by atoms with Gasteiger partial charge < -0.3 is 56.5 Å². The molecule has 72 heavy (non-hydrogen) atoms. The number of methoxy groups -OCH3 is 1. The van der Waals surface area contributed by atoms with Crippen LogP contribution in [0.1, 0.15) is 54.4 Å². The van der Waals surface area contributed by atoms with E-state index in [9.17, 15) is 57.5 Å². The van der Waals surface area contributed by atoms with E-state index in [4.69, 9.17) is 46.5 Å². The summed E-state index contributed by atoms with van der Waals surface area (Å²) in [6.45, 7) is 12.9. The summed E-state index contributed by atoms with van der Waals surface area (Å²) >= 11 is 11.8. The molecule has 31 heteroatoms. The molecule has 0 aromatic heterocycles. The fraction of sp³-hybridized carbons (Fsp3) is 0.610. The molecule has 0 saturated heterocycles. The molecule has 0 spiro atoms. The van der Waals surface area contributed by atoms with E-state index in [1.807, 2.05) is 41.5 Å². The number of alkyl halides is 1. The van der Waals surface area contributed by atoms with E-state index in [0.717, 1.165) is 35.7 Å². The number of carbonyl (C=O) groups excluding carboxylic acids is 7. The fourth-order valence-corrected chi connectivity index (χ4v) is 5.85. The smallest absolute Gasteiger partial charge is 0.423 e. The van der Waals surface area contributed by atoms with Crippen molar-refractivity contribution in [2.75, 3.05) is 90.4 Å². The van der Waals surface area contributed by atoms with E-state index in [-0.39, 0.29) is 58.8 Å². The van der Waals surface area contributed by atoms with Crippen molar-refractivity contribution >= 4 is 147 Å². The predicted molar refractivity (Wildman–Crippen MR) is 282 cm³/mol. The second kappa shape index (κ2) is 47.5. The monoisotopic (exact) mass is 1190 g/mol. The second-order valence-corrected chi connectivity index (χ2v) is 20.1. The van der Waals surface area contributed by atoms with Crippen LogP contribution in [0.25, 0.3) is 0 Å². The Hall–Kier alpha value is -4.53. The van der Waals surface area contributed by atoms with Crippen LogP contribution in [0.5, 0.6) is 0 Å². The molecule has 10 N–H and O–H groups in total. The van der Waals surface area contributed by atoms with Gasteiger partial charge in [0.1, 0.15) is 16.5 Å². The summed E-state index contributed by atoms with van der Waals surface area (Å²) in [5.41, 5.74) is 9.35. The lowest BCUT2D eigenvalue weighted by Crippen LogP contribution is -2.35. The largest absolute Gasteiger partial charge is 0.481 e. The summed E-state index contributed by atoms with van der Waals surface area (Å²) in [6, 6.07) is 0. The van der Waals surface area contributed by atoms with Crippen LogP contribution in [0.15, 0.2) is 24.3 Å². The Labute approximate surface area is 448 Å². The number of esters is 1. The van der Waals surface area contributed by atoms with Gasteiger partial charge in [-0.15, -0.1) is 35.3 Å². The van der Waals surface area contributed by atoms with Crippen molar-refractivity contribution in [1.29, 1.82) is 0 Å². The number of halogens is 1. The van der Waals surface area contributed by atoms with Gasteiger partial charge in [-0.25, -0.2) is 9.59 Å². The van der Waals surface area contributed by atoms with Crippen LogP contribution in [-0.2, 0) is 62.2 Å². The maximum Gasteiger partial charge on any atom is 0.423 e. The van der Waals surface area contributed by atoms with Crippen LogP contribution in [0.4, 0.5) is 9.59 Å². The Balaban J connectivity index is -0.000000248. The van der Waals surface area contributed by atoms with E-state index in [0.29, 0.717) is 54.6 Å². The van der Waals surface area contributed by atoms with Crippen LogP contribution in [0.2, 0.25) is 0 Å². The van der Waals surface area contributed by atoms with Crippen molar-refractivity contribution in [3.63, 3.8) is 0 Å². The number of imide groups is 4. The van der Waals surface area contributed by atoms with E-state index < -0.39 is 59.0 Å². The highest BCUT2D eigenvalue weighted by Gasteiger charge is 2.30. The second-order valence-electron chi connectivity index (χ2n) is 14.7. The third-order valence-corrected chi connectivity index (χ3v) is 10.5. The number of hydrogen-bond donors (Lipinski definition) is 9. The summed E-state index contributed by atoms with van der Waals surface area (Å²) in [6.07, 6.45) is 4.13. The SMILES string of the molecule is CC(C)(C)OC(=O)CCCSCC(=O)O.CC(C)(C)OC(=O)NCCS.COC(=O)N1C(=O)C=CC1=O.NCCSCC(=O)O.NCCSCC(=O)O.O=C(O)CBr.O=C(O)CSCCN1C(=O)C=CC1=O. The number of nitrogens with one attached hydrogen (secondary N) is 1. The van der Waals surface area contributed by atoms with Crippen LogP contribution in [0, 0.1) is 0 Å². The molecule has 6 amide bonds. The van der Waals surface area contributed by atoms with Gasteiger partial charge in [-0.05, 0) is 53.7 Å². The Kier molecular flexibility index (Phi) is 50.4. The van der Waals surface area contributed by atoms with Crippen molar-refractivity contribution in [3.05, 3.63) is 24.3 Å². The fourth-order valence-electron chi connectivity index (χ4n) is 3.47. The number of carboxylic acids is 5. The van der Waals surface area contributed by atoms with Gasteiger partial charge in [-0.2, -0.15) is 29.3 Å². The number of carbonyl (C=O) groups is 12. The Morgan fingerprint density at radius 1 is 0.625 bits per heavy atom.